The van der Waals surface area contributed by atoms with Crippen molar-refractivity contribution in [2.75, 3.05) is 17.2 Å². The second-order valence-electron chi connectivity index (χ2n) is 5.95. The molecule has 3 rings (SSSR count). The van der Waals surface area contributed by atoms with E-state index >= 15 is 0 Å². The molecule has 3 aromatic carbocycles. The molecule has 4 nitrogen and oxygen atoms in total. The highest BCUT2D eigenvalue weighted by atomic mass is 79.9. The Hall–Kier alpha value is -2.21. The van der Waals surface area contributed by atoms with E-state index in [1.165, 1.54) is 0 Å². The van der Waals surface area contributed by atoms with Gasteiger partial charge in [-0.05, 0) is 64.0 Å². The molecule has 0 aromatic heterocycles. The van der Waals surface area contributed by atoms with Crippen LogP contribution in [0.3, 0.4) is 0 Å². The zero-order valence-electron chi connectivity index (χ0n) is 14.7. The summed E-state index contributed by atoms with van der Waals surface area (Å²) < 4.78 is 6.38. The largest absolute Gasteiger partial charge is 0.482 e. The maximum absolute atomic E-state index is 12.0. The van der Waals surface area contributed by atoms with Crippen molar-refractivity contribution in [3.05, 3.63) is 86.8 Å². The van der Waals surface area contributed by atoms with Gasteiger partial charge in [0.05, 0.1) is 10.0 Å². The number of halogens is 3. The zero-order chi connectivity index (χ0) is 19.9. The summed E-state index contributed by atoms with van der Waals surface area (Å²) in [5.74, 6) is 0.209. The highest BCUT2D eigenvalue weighted by Crippen LogP contribution is 2.28. The minimum Gasteiger partial charge on any atom is -0.482 e. The monoisotopic (exact) mass is 478 g/mol. The topological polar surface area (TPSA) is 50.4 Å². The number of anilines is 2. The molecule has 144 valence electrons. The van der Waals surface area contributed by atoms with Crippen LogP contribution in [0.25, 0.3) is 0 Å². The fourth-order valence-corrected chi connectivity index (χ4v) is 3.13. The number of amides is 1. The number of carbonyl (C=O) groups is 1. The smallest absolute Gasteiger partial charge is 0.262 e. The van der Waals surface area contributed by atoms with Gasteiger partial charge in [-0.25, -0.2) is 0 Å². The maximum Gasteiger partial charge on any atom is 0.262 e. The Morgan fingerprint density at radius 2 is 1.71 bits per heavy atom. The molecule has 0 bridgehead atoms. The van der Waals surface area contributed by atoms with Crippen molar-refractivity contribution in [1.29, 1.82) is 0 Å². The highest BCUT2D eigenvalue weighted by molar-refractivity contribution is 9.10. The predicted octanol–water partition coefficient (Wildman–Crippen LogP) is 6.39. The van der Waals surface area contributed by atoms with E-state index in [2.05, 4.69) is 26.6 Å². The number of hydrogen-bond acceptors (Lipinski definition) is 3. The lowest BCUT2D eigenvalue weighted by Gasteiger charge is -2.11. The number of nitrogens with one attached hydrogen (secondary N) is 2. The Kier molecular flexibility index (Phi) is 7.20. The molecule has 0 spiro atoms. The second kappa shape index (κ2) is 9.82. The van der Waals surface area contributed by atoms with Crippen molar-refractivity contribution >= 4 is 56.4 Å². The molecule has 1 amide bonds. The molecule has 7 heteroatoms. The summed E-state index contributed by atoms with van der Waals surface area (Å²) in [6.45, 7) is 0.454. The van der Waals surface area contributed by atoms with Gasteiger partial charge in [-0.3, -0.25) is 4.79 Å². The van der Waals surface area contributed by atoms with E-state index in [1.807, 2.05) is 54.6 Å². The molecule has 0 fully saturated rings. The summed E-state index contributed by atoms with van der Waals surface area (Å²) in [7, 11) is 0. The summed E-state index contributed by atoms with van der Waals surface area (Å²) in [6, 6.07) is 20.3. The van der Waals surface area contributed by atoms with Crippen LogP contribution in [0.5, 0.6) is 5.75 Å². The lowest BCUT2D eigenvalue weighted by atomic mass is 10.2. The number of hydrogen-bond donors (Lipinski definition) is 2. The number of ether oxygens (including phenoxy) is 1. The third-order valence-corrected chi connectivity index (χ3v) is 5.36. The van der Waals surface area contributed by atoms with E-state index in [9.17, 15) is 4.79 Å². The number of carbonyl (C=O) groups excluding carboxylic acids is 1. The van der Waals surface area contributed by atoms with E-state index < -0.39 is 0 Å². The van der Waals surface area contributed by atoms with E-state index in [0.717, 1.165) is 21.4 Å². The highest BCUT2D eigenvalue weighted by Gasteiger charge is 2.08. The molecule has 0 aliphatic heterocycles. The lowest BCUT2D eigenvalue weighted by Crippen LogP contribution is -2.20. The Bertz CT molecular complexity index is 968. The molecular formula is C21H17BrCl2N2O2. The molecule has 0 saturated carbocycles. The van der Waals surface area contributed by atoms with Gasteiger partial charge in [-0.1, -0.05) is 47.5 Å². The van der Waals surface area contributed by atoms with Crippen molar-refractivity contribution in [3.63, 3.8) is 0 Å². The molecular weight excluding hydrogens is 463 g/mol. The van der Waals surface area contributed by atoms with Gasteiger partial charge in [-0.2, -0.15) is 0 Å². The molecule has 0 saturated heterocycles. The Morgan fingerprint density at radius 1 is 0.929 bits per heavy atom. The summed E-state index contributed by atoms with van der Waals surface area (Å²) in [5.41, 5.74) is 2.60. The van der Waals surface area contributed by atoms with Crippen LogP contribution in [0.4, 0.5) is 11.4 Å². The molecule has 0 radical (unpaired) electrons. The van der Waals surface area contributed by atoms with E-state index in [1.54, 1.807) is 12.1 Å². The van der Waals surface area contributed by atoms with Gasteiger partial charge >= 0.3 is 0 Å². The third kappa shape index (κ3) is 5.89. The van der Waals surface area contributed by atoms with Gasteiger partial charge in [0.1, 0.15) is 5.75 Å². The molecule has 0 heterocycles. The van der Waals surface area contributed by atoms with Crippen LogP contribution in [0.15, 0.2) is 71.2 Å². The van der Waals surface area contributed by atoms with Crippen molar-refractivity contribution < 1.29 is 9.53 Å². The van der Waals surface area contributed by atoms with Crippen LogP contribution in [0.1, 0.15) is 5.56 Å². The summed E-state index contributed by atoms with van der Waals surface area (Å²) in [5, 5.41) is 7.13. The van der Waals surface area contributed by atoms with Gasteiger partial charge in [0.15, 0.2) is 6.61 Å². The first kappa shape index (κ1) is 20.5. The molecule has 0 aliphatic carbocycles. The average molecular weight is 480 g/mol. The van der Waals surface area contributed by atoms with Crippen LogP contribution >= 0.6 is 39.1 Å². The summed E-state index contributed by atoms with van der Waals surface area (Å²) >= 11 is 15.8. The molecule has 3 aromatic rings. The predicted molar refractivity (Wildman–Crippen MR) is 118 cm³/mol. The van der Waals surface area contributed by atoms with Crippen LogP contribution < -0.4 is 15.4 Å². The normalized spacial score (nSPS) is 10.4. The van der Waals surface area contributed by atoms with E-state index in [4.69, 9.17) is 27.9 Å². The van der Waals surface area contributed by atoms with Crippen LogP contribution in [-0.2, 0) is 11.3 Å². The SMILES string of the molecule is O=C(COc1ccc(CNc2ccc(Br)c(Cl)c2)cc1Cl)Nc1ccccc1. The van der Waals surface area contributed by atoms with Gasteiger partial charge in [-0.15, -0.1) is 0 Å². The molecule has 0 unspecified atom stereocenters. The number of para-hydroxylation sites is 1. The lowest BCUT2D eigenvalue weighted by molar-refractivity contribution is -0.118. The standard InChI is InChI=1S/C21H17BrCl2N2O2/c22-17-8-7-16(11-18(17)23)25-12-14-6-9-20(19(24)10-14)28-13-21(27)26-15-4-2-1-3-5-15/h1-11,25H,12-13H2,(H,26,27). The van der Waals surface area contributed by atoms with Crippen LogP contribution in [-0.4, -0.2) is 12.5 Å². The Morgan fingerprint density at radius 3 is 2.43 bits per heavy atom. The Balaban J connectivity index is 1.53. The zero-order valence-corrected chi connectivity index (χ0v) is 17.8. The first-order valence-corrected chi connectivity index (χ1v) is 10.0. The molecule has 2 N–H and O–H groups in total. The summed E-state index contributed by atoms with van der Waals surface area (Å²) in [6.07, 6.45) is 0. The second-order valence-corrected chi connectivity index (χ2v) is 7.62. The van der Waals surface area contributed by atoms with E-state index in [0.29, 0.717) is 22.3 Å². The first-order valence-electron chi connectivity index (χ1n) is 8.46. The van der Waals surface area contributed by atoms with Crippen LogP contribution in [0, 0.1) is 0 Å². The molecule has 0 atom stereocenters. The minimum atomic E-state index is -0.250. The van der Waals surface area contributed by atoms with Crippen molar-refractivity contribution in [2.45, 2.75) is 6.54 Å². The third-order valence-electron chi connectivity index (χ3n) is 3.83. The maximum atomic E-state index is 12.0. The minimum absolute atomic E-state index is 0.121. The fourth-order valence-electron chi connectivity index (χ4n) is 2.44. The average Bonchev–Trinajstić information content (AvgIpc) is 2.69. The first-order chi connectivity index (χ1) is 13.5. The number of rotatable bonds is 7. The van der Waals surface area contributed by atoms with Crippen molar-refractivity contribution in [2.24, 2.45) is 0 Å². The van der Waals surface area contributed by atoms with Gasteiger partial charge in [0, 0.05) is 22.4 Å². The van der Waals surface area contributed by atoms with Gasteiger partial charge < -0.3 is 15.4 Å². The van der Waals surface area contributed by atoms with E-state index in [-0.39, 0.29) is 12.5 Å². The Labute approximate surface area is 181 Å². The summed E-state index contributed by atoms with van der Waals surface area (Å²) in [4.78, 5) is 12.0. The van der Waals surface area contributed by atoms with Crippen molar-refractivity contribution in [1.82, 2.24) is 0 Å². The quantitative estimate of drug-likeness (QED) is 0.413. The van der Waals surface area contributed by atoms with Crippen LogP contribution in [0.2, 0.25) is 10.0 Å². The molecule has 0 aliphatic rings. The molecule has 28 heavy (non-hydrogen) atoms. The fraction of sp³-hybridized carbons (Fsp3) is 0.0952. The van der Waals surface area contributed by atoms with Gasteiger partial charge in [0.25, 0.3) is 5.91 Å². The van der Waals surface area contributed by atoms with Gasteiger partial charge in [0.2, 0.25) is 0 Å². The number of benzene rings is 3. The van der Waals surface area contributed by atoms with Crippen molar-refractivity contribution in [3.8, 4) is 5.75 Å².